The van der Waals surface area contributed by atoms with E-state index in [1.807, 2.05) is 18.7 Å². The van der Waals surface area contributed by atoms with E-state index in [2.05, 4.69) is 15.5 Å². The third-order valence-corrected chi connectivity index (χ3v) is 3.57. The van der Waals surface area contributed by atoms with Gasteiger partial charge in [-0.2, -0.15) is 5.10 Å². The van der Waals surface area contributed by atoms with Gasteiger partial charge >= 0.3 is 5.97 Å². The Balaban J connectivity index is 1.86. The summed E-state index contributed by atoms with van der Waals surface area (Å²) in [5, 5.41) is 9.71. The number of ether oxygens (including phenoxy) is 1. The SMILES string of the molecule is COC(=O)C1CCN(CC(=O)Nc2c(C)n[nH]c2C)C1. The molecule has 7 nitrogen and oxygen atoms in total. The lowest BCUT2D eigenvalue weighted by Gasteiger charge is -2.15. The van der Waals surface area contributed by atoms with Crippen molar-refractivity contribution in [3.63, 3.8) is 0 Å². The number of amides is 1. The van der Waals surface area contributed by atoms with Crippen LogP contribution in [0.15, 0.2) is 0 Å². The minimum atomic E-state index is -0.200. The van der Waals surface area contributed by atoms with Gasteiger partial charge in [0.1, 0.15) is 0 Å². The Morgan fingerprint density at radius 2 is 2.25 bits per heavy atom. The van der Waals surface area contributed by atoms with Gasteiger partial charge in [0.15, 0.2) is 0 Å². The van der Waals surface area contributed by atoms with Crippen LogP contribution in [0.25, 0.3) is 0 Å². The van der Waals surface area contributed by atoms with Gasteiger partial charge in [0.25, 0.3) is 0 Å². The van der Waals surface area contributed by atoms with Crippen molar-refractivity contribution < 1.29 is 14.3 Å². The number of anilines is 1. The normalized spacial score (nSPS) is 19.1. The quantitative estimate of drug-likeness (QED) is 0.782. The minimum Gasteiger partial charge on any atom is -0.469 e. The molecule has 20 heavy (non-hydrogen) atoms. The summed E-state index contributed by atoms with van der Waals surface area (Å²) >= 11 is 0. The van der Waals surface area contributed by atoms with Gasteiger partial charge in [-0.05, 0) is 26.8 Å². The molecule has 2 N–H and O–H groups in total. The first kappa shape index (κ1) is 14.5. The standard InChI is InChI=1S/C13H20N4O3/c1-8-12(9(2)16-15-8)14-11(18)7-17-5-4-10(6-17)13(19)20-3/h10H,4-7H2,1-3H3,(H,14,18)(H,15,16). The number of aromatic nitrogens is 2. The van der Waals surface area contributed by atoms with Crippen LogP contribution >= 0.6 is 0 Å². The van der Waals surface area contributed by atoms with Crippen molar-refractivity contribution in [2.75, 3.05) is 32.1 Å². The molecule has 1 aliphatic rings. The van der Waals surface area contributed by atoms with Gasteiger partial charge in [0, 0.05) is 6.54 Å². The highest BCUT2D eigenvalue weighted by molar-refractivity contribution is 5.93. The molecule has 7 heteroatoms. The van der Waals surface area contributed by atoms with E-state index in [1.54, 1.807) is 0 Å². The first-order valence-corrected chi connectivity index (χ1v) is 6.63. The Bertz CT molecular complexity index is 492. The summed E-state index contributed by atoms with van der Waals surface area (Å²) in [6, 6.07) is 0. The molecule has 1 aliphatic heterocycles. The lowest BCUT2D eigenvalue weighted by molar-refractivity contribution is -0.145. The summed E-state index contributed by atoms with van der Waals surface area (Å²) in [4.78, 5) is 25.4. The number of hydrogen-bond acceptors (Lipinski definition) is 5. The van der Waals surface area contributed by atoms with Crippen LogP contribution in [0.4, 0.5) is 5.69 Å². The number of hydrogen-bond donors (Lipinski definition) is 2. The molecule has 1 unspecified atom stereocenters. The lowest BCUT2D eigenvalue weighted by Crippen LogP contribution is -2.32. The molecule has 0 bridgehead atoms. The van der Waals surface area contributed by atoms with E-state index in [9.17, 15) is 9.59 Å². The van der Waals surface area contributed by atoms with Crippen LogP contribution in [-0.4, -0.2) is 53.7 Å². The van der Waals surface area contributed by atoms with Crippen LogP contribution < -0.4 is 5.32 Å². The Labute approximate surface area is 117 Å². The number of likely N-dealkylation sites (tertiary alicyclic amines) is 1. The summed E-state index contributed by atoms with van der Waals surface area (Å²) in [7, 11) is 1.39. The number of H-pyrrole nitrogens is 1. The van der Waals surface area contributed by atoms with Crippen LogP contribution in [0, 0.1) is 19.8 Å². The first-order valence-electron chi connectivity index (χ1n) is 6.63. The molecule has 1 atom stereocenters. The third kappa shape index (κ3) is 3.16. The largest absolute Gasteiger partial charge is 0.469 e. The minimum absolute atomic E-state index is 0.0943. The van der Waals surface area contributed by atoms with Crippen LogP contribution in [0.3, 0.4) is 0 Å². The summed E-state index contributed by atoms with van der Waals surface area (Å²) in [6.45, 7) is 5.28. The van der Waals surface area contributed by atoms with Crippen molar-refractivity contribution >= 4 is 17.6 Å². The summed E-state index contributed by atoms with van der Waals surface area (Å²) in [6.07, 6.45) is 0.740. The summed E-state index contributed by atoms with van der Waals surface area (Å²) in [5.74, 6) is -0.414. The zero-order chi connectivity index (χ0) is 14.7. The van der Waals surface area contributed by atoms with Crippen LogP contribution in [-0.2, 0) is 14.3 Å². The van der Waals surface area contributed by atoms with Crippen molar-refractivity contribution in [1.29, 1.82) is 0 Å². The van der Waals surface area contributed by atoms with E-state index in [0.717, 1.165) is 30.0 Å². The van der Waals surface area contributed by atoms with E-state index in [1.165, 1.54) is 7.11 Å². The molecule has 0 radical (unpaired) electrons. The molecule has 1 saturated heterocycles. The number of nitrogens with zero attached hydrogens (tertiary/aromatic N) is 2. The zero-order valence-electron chi connectivity index (χ0n) is 12.0. The smallest absolute Gasteiger partial charge is 0.310 e. The molecular weight excluding hydrogens is 260 g/mol. The van der Waals surface area contributed by atoms with E-state index < -0.39 is 0 Å². The molecular formula is C13H20N4O3. The van der Waals surface area contributed by atoms with Gasteiger partial charge < -0.3 is 10.1 Å². The van der Waals surface area contributed by atoms with Gasteiger partial charge in [-0.3, -0.25) is 19.6 Å². The highest BCUT2D eigenvalue weighted by atomic mass is 16.5. The van der Waals surface area contributed by atoms with E-state index >= 15 is 0 Å². The number of rotatable bonds is 4. The number of methoxy groups -OCH3 is 1. The summed E-state index contributed by atoms with van der Waals surface area (Å²) < 4.78 is 4.73. The maximum atomic E-state index is 12.0. The van der Waals surface area contributed by atoms with Gasteiger partial charge in [-0.25, -0.2) is 0 Å². The maximum absolute atomic E-state index is 12.0. The second-order valence-corrected chi connectivity index (χ2v) is 5.10. The predicted molar refractivity (Wildman–Crippen MR) is 73.3 cm³/mol. The number of nitrogens with one attached hydrogen (secondary N) is 2. The molecule has 0 saturated carbocycles. The molecule has 1 aromatic rings. The molecule has 2 heterocycles. The second-order valence-electron chi connectivity index (χ2n) is 5.10. The first-order chi connectivity index (χ1) is 9.51. The lowest BCUT2D eigenvalue weighted by atomic mass is 10.1. The highest BCUT2D eigenvalue weighted by Crippen LogP contribution is 2.19. The van der Waals surface area contributed by atoms with Crippen molar-refractivity contribution in [1.82, 2.24) is 15.1 Å². The van der Waals surface area contributed by atoms with Crippen molar-refractivity contribution in [3.05, 3.63) is 11.4 Å². The average molecular weight is 280 g/mol. The number of aromatic amines is 1. The van der Waals surface area contributed by atoms with E-state index in [-0.39, 0.29) is 24.3 Å². The van der Waals surface area contributed by atoms with Gasteiger partial charge in [0.05, 0.1) is 36.6 Å². The summed E-state index contributed by atoms with van der Waals surface area (Å²) in [5.41, 5.74) is 2.34. The average Bonchev–Trinajstić information content (AvgIpc) is 3.00. The molecule has 1 fully saturated rings. The third-order valence-electron chi connectivity index (χ3n) is 3.57. The Kier molecular flexibility index (Phi) is 4.39. The molecule has 2 rings (SSSR count). The maximum Gasteiger partial charge on any atom is 0.310 e. The fourth-order valence-corrected chi connectivity index (χ4v) is 2.45. The van der Waals surface area contributed by atoms with Crippen molar-refractivity contribution in [3.8, 4) is 0 Å². The molecule has 110 valence electrons. The zero-order valence-corrected chi connectivity index (χ0v) is 12.0. The molecule has 1 amide bonds. The van der Waals surface area contributed by atoms with Crippen LogP contribution in [0.5, 0.6) is 0 Å². The second kappa shape index (κ2) is 6.04. The van der Waals surface area contributed by atoms with Crippen LogP contribution in [0.1, 0.15) is 17.8 Å². The Hall–Kier alpha value is -1.89. The van der Waals surface area contributed by atoms with Gasteiger partial charge in [-0.15, -0.1) is 0 Å². The Morgan fingerprint density at radius 3 is 2.85 bits per heavy atom. The fraction of sp³-hybridized carbons (Fsp3) is 0.615. The van der Waals surface area contributed by atoms with Gasteiger partial charge in [-0.1, -0.05) is 0 Å². The monoisotopic (exact) mass is 280 g/mol. The fourth-order valence-electron chi connectivity index (χ4n) is 2.45. The van der Waals surface area contributed by atoms with Gasteiger partial charge in [0.2, 0.25) is 5.91 Å². The predicted octanol–water partition coefficient (Wildman–Crippen LogP) is 0.460. The topological polar surface area (TPSA) is 87.3 Å². The Morgan fingerprint density at radius 1 is 1.50 bits per heavy atom. The molecule has 0 aromatic carbocycles. The highest BCUT2D eigenvalue weighted by Gasteiger charge is 2.30. The van der Waals surface area contributed by atoms with E-state index in [0.29, 0.717) is 6.54 Å². The molecule has 0 spiro atoms. The van der Waals surface area contributed by atoms with Crippen LogP contribution in [0.2, 0.25) is 0 Å². The van der Waals surface area contributed by atoms with Crippen molar-refractivity contribution in [2.45, 2.75) is 20.3 Å². The molecule has 0 aliphatic carbocycles. The number of carbonyl (C=O) groups excluding carboxylic acids is 2. The number of esters is 1. The number of aryl methyl sites for hydroxylation is 2. The number of carbonyl (C=O) groups is 2. The molecule has 1 aromatic heterocycles. The van der Waals surface area contributed by atoms with Crippen molar-refractivity contribution in [2.24, 2.45) is 5.92 Å². The van der Waals surface area contributed by atoms with E-state index in [4.69, 9.17) is 4.74 Å².